The average Bonchev–Trinajstić information content (AvgIpc) is 2.16. The smallest absolute Gasteiger partial charge is 0.125 e. The molecular formula is C13H19O. The molecule has 0 N–H and O–H groups in total. The average molecular weight is 191 g/mol. The lowest BCUT2D eigenvalue weighted by molar-refractivity contribution is 0.303. The number of unbranched alkanes of at least 4 members (excludes halogenated alkanes) is 2. The van der Waals surface area contributed by atoms with Crippen molar-refractivity contribution >= 4 is 0 Å². The summed E-state index contributed by atoms with van der Waals surface area (Å²) in [5.74, 6) is 1.05. The molecule has 1 radical (unpaired) electrons. The quantitative estimate of drug-likeness (QED) is 0.645. The summed E-state index contributed by atoms with van der Waals surface area (Å²) in [5, 5.41) is 0. The molecule has 1 nitrogen and oxygen atoms in total. The maximum atomic E-state index is 5.74. The fourth-order valence-electron chi connectivity index (χ4n) is 1.48. The molecule has 0 heterocycles. The van der Waals surface area contributed by atoms with E-state index in [-0.39, 0.29) is 0 Å². The summed E-state index contributed by atoms with van der Waals surface area (Å²) in [4.78, 5) is 0. The number of hydrogen-bond acceptors (Lipinski definition) is 1. The first-order valence-corrected chi connectivity index (χ1v) is 5.24. The fourth-order valence-corrected chi connectivity index (χ4v) is 1.48. The Balaban J connectivity index is 2.49. The van der Waals surface area contributed by atoms with Crippen molar-refractivity contribution in [3.63, 3.8) is 0 Å². The molecular weight excluding hydrogens is 172 g/mol. The highest BCUT2D eigenvalue weighted by molar-refractivity contribution is 5.39. The fraction of sp³-hybridized carbons (Fsp3) is 0.462. The number of aryl methyl sites for hydroxylation is 2. The molecule has 0 amide bonds. The Morgan fingerprint density at radius 1 is 1.14 bits per heavy atom. The second-order valence-electron chi connectivity index (χ2n) is 3.63. The van der Waals surface area contributed by atoms with E-state index in [0.29, 0.717) is 0 Å². The molecule has 0 unspecified atom stereocenters. The summed E-state index contributed by atoms with van der Waals surface area (Å²) < 4.78 is 5.74. The zero-order valence-electron chi connectivity index (χ0n) is 9.18. The molecule has 0 aliphatic heterocycles. The summed E-state index contributed by atoms with van der Waals surface area (Å²) in [5.41, 5.74) is 2.44. The monoisotopic (exact) mass is 191 g/mol. The summed E-state index contributed by atoms with van der Waals surface area (Å²) in [7, 11) is 0. The van der Waals surface area contributed by atoms with Gasteiger partial charge in [-0.15, -0.1) is 0 Å². The SMILES string of the molecule is [CH2]CCCCOc1c(C)cccc1C. The second kappa shape index (κ2) is 5.69. The van der Waals surface area contributed by atoms with Crippen LogP contribution in [0.2, 0.25) is 0 Å². The van der Waals surface area contributed by atoms with E-state index >= 15 is 0 Å². The van der Waals surface area contributed by atoms with Crippen LogP contribution in [-0.2, 0) is 0 Å². The van der Waals surface area contributed by atoms with Gasteiger partial charge in [-0.1, -0.05) is 38.0 Å². The minimum atomic E-state index is 0.807. The molecule has 0 aromatic heterocycles. The first-order chi connectivity index (χ1) is 6.75. The molecule has 77 valence electrons. The van der Waals surface area contributed by atoms with Crippen molar-refractivity contribution in [3.05, 3.63) is 36.2 Å². The summed E-state index contributed by atoms with van der Waals surface area (Å²) in [6.45, 7) is 8.79. The first kappa shape index (κ1) is 11.1. The molecule has 1 heteroatoms. The maximum Gasteiger partial charge on any atom is 0.125 e. The van der Waals surface area contributed by atoms with Gasteiger partial charge in [0.05, 0.1) is 6.61 Å². The van der Waals surface area contributed by atoms with Gasteiger partial charge < -0.3 is 4.74 Å². The number of benzene rings is 1. The third-order valence-corrected chi connectivity index (χ3v) is 2.30. The zero-order valence-corrected chi connectivity index (χ0v) is 9.18. The van der Waals surface area contributed by atoms with Gasteiger partial charge in [0, 0.05) is 0 Å². The van der Waals surface area contributed by atoms with Crippen LogP contribution in [0, 0.1) is 20.8 Å². The van der Waals surface area contributed by atoms with Crippen LogP contribution in [0.4, 0.5) is 0 Å². The lowest BCUT2D eigenvalue weighted by Crippen LogP contribution is -2.00. The highest BCUT2D eigenvalue weighted by atomic mass is 16.5. The van der Waals surface area contributed by atoms with Crippen LogP contribution in [0.3, 0.4) is 0 Å². The number of ether oxygens (including phenoxy) is 1. The van der Waals surface area contributed by atoms with Crippen LogP contribution < -0.4 is 4.74 Å². The molecule has 0 saturated heterocycles. The Morgan fingerprint density at radius 3 is 2.36 bits per heavy atom. The molecule has 1 rings (SSSR count). The highest BCUT2D eigenvalue weighted by Gasteiger charge is 2.01. The minimum absolute atomic E-state index is 0.807. The molecule has 14 heavy (non-hydrogen) atoms. The maximum absolute atomic E-state index is 5.74. The Hall–Kier alpha value is -0.980. The Labute approximate surface area is 87.1 Å². The standard InChI is InChI=1S/C13H19O/c1-4-5-6-10-14-13-11(2)8-7-9-12(13)3/h7-9H,1,4-6,10H2,2-3H3. The van der Waals surface area contributed by atoms with E-state index in [2.05, 4.69) is 39.0 Å². The Kier molecular flexibility index (Phi) is 4.51. The van der Waals surface area contributed by atoms with Gasteiger partial charge >= 0.3 is 0 Å². The predicted octanol–water partition coefficient (Wildman–Crippen LogP) is 3.69. The van der Waals surface area contributed by atoms with Crippen LogP contribution in [-0.4, -0.2) is 6.61 Å². The van der Waals surface area contributed by atoms with Crippen molar-refractivity contribution in [2.24, 2.45) is 0 Å². The second-order valence-corrected chi connectivity index (χ2v) is 3.63. The van der Waals surface area contributed by atoms with Crippen molar-refractivity contribution in [1.82, 2.24) is 0 Å². The van der Waals surface area contributed by atoms with Crippen molar-refractivity contribution in [2.45, 2.75) is 33.1 Å². The molecule has 0 fully saturated rings. The number of rotatable bonds is 5. The molecule has 0 atom stereocenters. The van der Waals surface area contributed by atoms with Gasteiger partial charge in [-0.25, -0.2) is 0 Å². The van der Waals surface area contributed by atoms with Crippen LogP contribution in [0.15, 0.2) is 18.2 Å². The summed E-state index contributed by atoms with van der Waals surface area (Å²) >= 11 is 0. The van der Waals surface area contributed by atoms with Crippen LogP contribution in [0.25, 0.3) is 0 Å². The van der Waals surface area contributed by atoms with Gasteiger partial charge in [-0.2, -0.15) is 0 Å². The van der Waals surface area contributed by atoms with Gasteiger partial charge in [0.2, 0.25) is 0 Å². The number of para-hydroxylation sites is 1. The topological polar surface area (TPSA) is 9.23 Å². The minimum Gasteiger partial charge on any atom is -0.493 e. The zero-order chi connectivity index (χ0) is 10.4. The van der Waals surface area contributed by atoms with E-state index < -0.39 is 0 Å². The van der Waals surface area contributed by atoms with Gasteiger partial charge in [0.25, 0.3) is 0 Å². The van der Waals surface area contributed by atoms with Crippen LogP contribution >= 0.6 is 0 Å². The van der Waals surface area contributed by atoms with Crippen molar-refractivity contribution in [3.8, 4) is 5.75 Å². The highest BCUT2D eigenvalue weighted by Crippen LogP contribution is 2.22. The van der Waals surface area contributed by atoms with E-state index in [0.717, 1.165) is 31.6 Å². The van der Waals surface area contributed by atoms with E-state index in [9.17, 15) is 0 Å². The van der Waals surface area contributed by atoms with Gasteiger partial charge in [0.1, 0.15) is 5.75 Å². The molecule has 0 aliphatic carbocycles. The number of hydrogen-bond donors (Lipinski definition) is 0. The Morgan fingerprint density at radius 2 is 1.79 bits per heavy atom. The van der Waals surface area contributed by atoms with Crippen LogP contribution in [0.5, 0.6) is 5.75 Å². The van der Waals surface area contributed by atoms with Crippen molar-refractivity contribution < 1.29 is 4.74 Å². The third kappa shape index (κ3) is 3.06. The molecule has 0 saturated carbocycles. The third-order valence-electron chi connectivity index (χ3n) is 2.30. The molecule has 1 aromatic rings. The largest absolute Gasteiger partial charge is 0.493 e. The molecule has 0 aliphatic rings. The molecule has 0 bridgehead atoms. The van der Waals surface area contributed by atoms with E-state index in [1.54, 1.807) is 0 Å². The summed E-state index contributed by atoms with van der Waals surface area (Å²) in [6.07, 6.45) is 3.23. The van der Waals surface area contributed by atoms with E-state index in [4.69, 9.17) is 4.74 Å². The molecule has 1 aromatic carbocycles. The summed E-state index contributed by atoms with van der Waals surface area (Å²) in [6, 6.07) is 6.24. The van der Waals surface area contributed by atoms with Gasteiger partial charge in [-0.05, 0) is 31.4 Å². The van der Waals surface area contributed by atoms with Crippen molar-refractivity contribution in [1.29, 1.82) is 0 Å². The van der Waals surface area contributed by atoms with Gasteiger partial charge in [0.15, 0.2) is 0 Å². The molecule has 0 spiro atoms. The van der Waals surface area contributed by atoms with Crippen LogP contribution in [0.1, 0.15) is 30.4 Å². The predicted molar refractivity (Wildman–Crippen MR) is 60.6 cm³/mol. The van der Waals surface area contributed by atoms with Crippen molar-refractivity contribution in [2.75, 3.05) is 6.61 Å². The first-order valence-electron chi connectivity index (χ1n) is 5.24. The van der Waals surface area contributed by atoms with E-state index in [1.807, 2.05) is 0 Å². The van der Waals surface area contributed by atoms with E-state index in [1.165, 1.54) is 11.1 Å². The lowest BCUT2D eigenvalue weighted by Gasteiger charge is -2.11. The van der Waals surface area contributed by atoms with Gasteiger partial charge in [-0.3, -0.25) is 0 Å². The Bertz CT molecular complexity index is 258. The lowest BCUT2D eigenvalue weighted by atomic mass is 10.1. The normalized spacial score (nSPS) is 10.2.